The van der Waals surface area contributed by atoms with Gasteiger partial charge in [0.15, 0.2) is 0 Å². The highest BCUT2D eigenvalue weighted by Gasteiger charge is 2.14. The van der Waals surface area contributed by atoms with E-state index in [1.54, 1.807) is 24.5 Å². The van der Waals surface area contributed by atoms with Gasteiger partial charge in [0.25, 0.3) is 5.69 Å². The molecular formula is C15H19N3O3. The van der Waals surface area contributed by atoms with Gasteiger partial charge in [-0.05, 0) is 24.5 Å². The van der Waals surface area contributed by atoms with Gasteiger partial charge in [-0.3, -0.25) is 15.1 Å². The largest absolute Gasteiger partial charge is 0.396 e. The Hall–Kier alpha value is -2.21. The van der Waals surface area contributed by atoms with E-state index in [2.05, 4.69) is 17.2 Å². The SMILES string of the molecule is CCC(CCO)CNc1ccc([N+](=O)[O-])c2ccncc12. The van der Waals surface area contributed by atoms with E-state index in [1.807, 2.05) is 0 Å². The second-order valence-electron chi connectivity index (χ2n) is 4.98. The number of hydrogen-bond donors (Lipinski definition) is 2. The van der Waals surface area contributed by atoms with E-state index in [0.717, 1.165) is 30.5 Å². The zero-order chi connectivity index (χ0) is 15.2. The van der Waals surface area contributed by atoms with E-state index in [9.17, 15) is 10.1 Å². The van der Waals surface area contributed by atoms with E-state index in [-0.39, 0.29) is 17.2 Å². The summed E-state index contributed by atoms with van der Waals surface area (Å²) in [7, 11) is 0. The van der Waals surface area contributed by atoms with Crippen molar-refractivity contribution >= 4 is 22.1 Å². The third-order valence-electron chi connectivity index (χ3n) is 3.69. The molecule has 0 aliphatic rings. The number of benzene rings is 1. The van der Waals surface area contributed by atoms with Gasteiger partial charge in [0.1, 0.15) is 0 Å². The van der Waals surface area contributed by atoms with Crippen LogP contribution in [0.5, 0.6) is 0 Å². The third-order valence-corrected chi connectivity index (χ3v) is 3.69. The fraction of sp³-hybridized carbons (Fsp3) is 0.400. The average molecular weight is 289 g/mol. The summed E-state index contributed by atoms with van der Waals surface area (Å²) in [6, 6.07) is 4.88. The van der Waals surface area contributed by atoms with Crippen LogP contribution in [0.3, 0.4) is 0 Å². The van der Waals surface area contributed by atoms with Gasteiger partial charge in [-0.25, -0.2) is 0 Å². The molecular weight excluding hydrogens is 270 g/mol. The van der Waals surface area contributed by atoms with E-state index in [4.69, 9.17) is 5.11 Å². The molecule has 0 aliphatic carbocycles. The Morgan fingerprint density at radius 1 is 1.38 bits per heavy atom. The molecule has 0 aliphatic heterocycles. The van der Waals surface area contributed by atoms with E-state index >= 15 is 0 Å². The van der Waals surface area contributed by atoms with Gasteiger partial charge in [0.05, 0.1) is 10.3 Å². The van der Waals surface area contributed by atoms with Crippen LogP contribution in [0.1, 0.15) is 19.8 Å². The number of nitro benzene ring substituents is 1. The van der Waals surface area contributed by atoms with Crippen LogP contribution in [0.4, 0.5) is 11.4 Å². The molecule has 0 fully saturated rings. The maximum atomic E-state index is 11.1. The molecule has 0 bridgehead atoms. The molecule has 6 heteroatoms. The number of aliphatic hydroxyl groups excluding tert-OH is 1. The Labute approximate surface area is 123 Å². The molecule has 1 aromatic heterocycles. The number of nitrogens with one attached hydrogen (secondary N) is 1. The fourth-order valence-corrected chi connectivity index (χ4v) is 2.38. The van der Waals surface area contributed by atoms with Gasteiger partial charge in [-0.1, -0.05) is 13.3 Å². The van der Waals surface area contributed by atoms with E-state index in [1.165, 1.54) is 6.07 Å². The highest BCUT2D eigenvalue weighted by Crippen LogP contribution is 2.30. The fourth-order valence-electron chi connectivity index (χ4n) is 2.38. The van der Waals surface area contributed by atoms with Crippen LogP contribution in [-0.2, 0) is 0 Å². The number of anilines is 1. The van der Waals surface area contributed by atoms with Crippen molar-refractivity contribution in [2.75, 3.05) is 18.5 Å². The van der Waals surface area contributed by atoms with Gasteiger partial charge in [-0.2, -0.15) is 0 Å². The van der Waals surface area contributed by atoms with Crippen LogP contribution >= 0.6 is 0 Å². The normalized spacial score (nSPS) is 12.3. The van der Waals surface area contributed by atoms with Crippen molar-refractivity contribution in [2.24, 2.45) is 5.92 Å². The number of pyridine rings is 1. The second-order valence-corrected chi connectivity index (χ2v) is 4.98. The molecule has 0 spiro atoms. The number of non-ortho nitro benzene ring substituents is 1. The smallest absolute Gasteiger partial charge is 0.277 e. The molecule has 6 nitrogen and oxygen atoms in total. The lowest BCUT2D eigenvalue weighted by molar-refractivity contribution is -0.383. The van der Waals surface area contributed by atoms with Crippen LogP contribution < -0.4 is 5.32 Å². The molecule has 0 radical (unpaired) electrons. The summed E-state index contributed by atoms with van der Waals surface area (Å²) in [5, 5.41) is 24.7. The summed E-state index contributed by atoms with van der Waals surface area (Å²) in [5.41, 5.74) is 0.917. The highest BCUT2D eigenvalue weighted by molar-refractivity contribution is 5.99. The number of aliphatic hydroxyl groups is 1. The molecule has 2 rings (SSSR count). The molecule has 1 aromatic carbocycles. The van der Waals surface area contributed by atoms with Gasteiger partial charge in [0.2, 0.25) is 0 Å². The molecule has 1 unspecified atom stereocenters. The zero-order valence-electron chi connectivity index (χ0n) is 12.0. The van der Waals surface area contributed by atoms with Crippen molar-refractivity contribution in [3.63, 3.8) is 0 Å². The van der Waals surface area contributed by atoms with Crippen molar-refractivity contribution < 1.29 is 10.0 Å². The number of nitrogens with zero attached hydrogens (tertiary/aromatic N) is 2. The molecule has 1 atom stereocenters. The number of fused-ring (bicyclic) bond motifs is 1. The standard InChI is InChI=1S/C15H19N3O3/c1-2-11(6-8-19)9-17-14-3-4-15(18(20)21)12-5-7-16-10-13(12)14/h3-5,7,10-11,17,19H,2,6,8-9H2,1H3. The van der Waals surface area contributed by atoms with Crippen molar-refractivity contribution in [1.82, 2.24) is 4.98 Å². The van der Waals surface area contributed by atoms with Gasteiger partial charge in [-0.15, -0.1) is 0 Å². The van der Waals surface area contributed by atoms with Crippen LogP contribution in [0.25, 0.3) is 10.8 Å². The summed E-state index contributed by atoms with van der Waals surface area (Å²) < 4.78 is 0. The summed E-state index contributed by atoms with van der Waals surface area (Å²) >= 11 is 0. The molecule has 2 N–H and O–H groups in total. The minimum atomic E-state index is -0.382. The molecule has 21 heavy (non-hydrogen) atoms. The van der Waals surface area contributed by atoms with Crippen LogP contribution in [0.15, 0.2) is 30.6 Å². The Morgan fingerprint density at radius 2 is 2.19 bits per heavy atom. The molecule has 0 saturated carbocycles. The maximum Gasteiger partial charge on any atom is 0.277 e. The molecule has 0 amide bonds. The van der Waals surface area contributed by atoms with Gasteiger partial charge >= 0.3 is 0 Å². The first-order valence-electron chi connectivity index (χ1n) is 7.03. The Balaban J connectivity index is 2.29. The summed E-state index contributed by atoms with van der Waals surface area (Å²) in [4.78, 5) is 14.7. The predicted molar refractivity (Wildman–Crippen MR) is 82.4 cm³/mol. The number of rotatable bonds is 7. The van der Waals surface area contributed by atoms with Crippen molar-refractivity contribution in [3.05, 3.63) is 40.7 Å². The summed E-state index contributed by atoms with van der Waals surface area (Å²) in [6.45, 7) is 2.97. The Kier molecular flexibility index (Phi) is 5.05. The molecule has 1 heterocycles. The number of nitro groups is 1. The van der Waals surface area contributed by atoms with Crippen LogP contribution in [0.2, 0.25) is 0 Å². The maximum absolute atomic E-state index is 11.1. The van der Waals surface area contributed by atoms with Crippen molar-refractivity contribution in [2.45, 2.75) is 19.8 Å². The highest BCUT2D eigenvalue weighted by atomic mass is 16.6. The Morgan fingerprint density at radius 3 is 2.86 bits per heavy atom. The Bertz CT molecular complexity index is 631. The van der Waals surface area contributed by atoms with Crippen molar-refractivity contribution in [1.29, 1.82) is 0 Å². The lowest BCUT2D eigenvalue weighted by atomic mass is 10.0. The first-order chi connectivity index (χ1) is 10.2. The molecule has 112 valence electrons. The average Bonchev–Trinajstić information content (AvgIpc) is 2.50. The summed E-state index contributed by atoms with van der Waals surface area (Å²) in [6.07, 6.45) is 4.90. The first-order valence-corrected chi connectivity index (χ1v) is 7.03. The third kappa shape index (κ3) is 3.46. The summed E-state index contributed by atoms with van der Waals surface area (Å²) in [5.74, 6) is 0.372. The predicted octanol–water partition coefficient (Wildman–Crippen LogP) is 2.96. The minimum Gasteiger partial charge on any atom is -0.396 e. The molecule has 0 saturated heterocycles. The first kappa shape index (κ1) is 15.2. The lowest BCUT2D eigenvalue weighted by Crippen LogP contribution is -2.15. The van der Waals surface area contributed by atoms with Crippen LogP contribution in [-0.4, -0.2) is 28.2 Å². The number of aromatic nitrogens is 1. The quantitative estimate of drug-likeness (QED) is 0.604. The van der Waals surface area contributed by atoms with E-state index < -0.39 is 0 Å². The van der Waals surface area contributed by atoms with Gasteiger partial charge in [0, 0.05) is 42.7 Å². The minimum absolute atomic E-state index is 0.0837. The topological polar surface area (TPSA) is 88.3 Å². The van der Waals surface area contributed by atoms with E-state index in [0.29, 0.717) is 11.3 Å². The number of hydrogen-bond acceptors (Lipinski definition) is 5. The van der Waals surface area contributed by atoms with Crippen LogP contribution in [0, 0.1) is 16.0 Å². The second kappa shape index (κ2) is 6.99. The van der Waals surface area contributed by atoms with Crippen molar-refractivity contribution in [3.8, 4) is 0 Å². The monoisotopic (exact) mass is 289 g/mol. The molecule has 2 aromatic rings. The zero-order valence-corrected chi connectivity index (χ0v) is 12.0. The van der Waals surface area contributed by atoms with Gasteiger partial charge < -0.3 is 10.4 Å². The lowest BCUT2D eigenvalue weighted by Gasteiger charge is -2.16.